The number of amides is 1. The summed E-state index contributed by atoms with van der Waals surface area (Å²) >= 11 is 5.88. The number of nitrogens with one attached hydrogen (secondary N) is 1. The van der Waals surface area contributed by atoms with E-state index in [2.05, 4.69) is 5.32 Å². The SMILES string of the molecule is CCOc1ccc(S(=O)(=O)N2CCCCC2)cc1NC(=O)Cc1ccc(Cl)cc1. The van der Waals surface area contributed by atoms with Gasteiger partial charge in [-0.1, -0.05) is 30.2 Å². The molecule has 6 nitrogen and oxygen atoms in total. The van der Waals surface area contributed by atoms with Crippen LogP contribution in [-0.4, -0.2) is 38.3 Å². The van der Waals surface area contributed by atoms with Crippen LogP contribution in [0, 0.1) is 0 Å². The van der Waals surface area contributed by atoms with Crippen LogP contribution in [0.3, 0.4) is 0 Å². The summed E-state index contributed by atoms with van der Waals surface area (Å²) in [6, 6.07) is 11.6. The molecule has 2 aromatic rings. The lowest BCUT2D eigenvalue weighted by molar-refractivity contribution is -0.115. The molecule has 156 valence electrons. The van der Waals surface area contributed by atoms with Gasteiger partial charge < -0.3 is 10.1 Å². The average Bonchev–Trinajstić information content (AvgIpc) is 2.72. The molecule has 1 aliphatic heterocycles. The van der Waals surface area contributed by atoms with Gasteiger partial charge in [0.15, 0.2) is 0 Å². The number of hydrogen-bond acceptors (Lipinski definition) is 4. The molecule has 0 saturated carbocycles. The van der Waals surface area contributed by atoms with Crippen LogP contribution in [0.15, 0.2) is 47.4 Å². The molecule has 1 fully saturated rings. The Labute approximate surface area is 176 Å². The minimum absolute atomic E-state index is 0.145. The lowest BCUT2D eigenvalue weighted by Crippen LogP contribution is -2.35. The fourth-order valence-corrected chi connectivity index (χ4v) is 4.95. The fourth-order valence-electron chi connectivity index (χ4n) is 3.28. The van der Waals surface area contributed by atoms with Crippen molar-refractivity contribution < 1.29 is 17.9 Å². The molecule has 3 rings (SSSR count). The second-order valence-corrected chi connectivity index (χ2v) is 9.28. The Morgan fingerprint density at radius 3 is 2.45 bits per heavy atom. The maximum absolute atomic E-state index is 13.0. The van der Waals surface area contributed by atoms with E-state index in [9.17, 15) is 13.2 Å². The van der Waals surface area contributed by atoms with Gasteiger partial charge in [-0.3, -0.25) is 4.79 Å². The number of carbonyl (C=O) groups is 1. The van der Waals surface area contributed by atoms with Gasteiger partial charge in [-0.05, 0) is 55.7 Å². The molecule has 0 aromatic heterocycles. The predicted octanol–water partition coefficient (Wildman–Crippen LogP) is 4.09. The maximum Gasteiger partial charge on any atom is 0.243 e. The van der Waals surface area contributed by atoms with Crippen molar-refractivity contribution >= 4 is 33.2 Å². The van der Waals surface area contributed by atoms with Crippen LogP contribution in [0.4, 0.5) is 5.69 Å². The van der Waals surface area contributed by atoms with Crippen LogP contribution in [-0.2, 0) is 21.2 Å². The molecule has 1 aliphatic rings. The van der Waals surface area contributed by atoms with Gasteiger partial charge >= 0.3 is 0 Å². The Hall–Kier alpha value is -2.09. The molecule has 1 N–H and O–H groups in total. The Morgan fingerprint density at radius 2 is 1.79 bits per heavy atom. The second kappa shape index (κ2) is 9.61. The van der Waals surface area contributed by atoms with Gasteiger partial charge in [-0.15, -0.1) is 0 Å². The lowest BCUT2D eigenvalue weighted by Gasteiger charge is -2.26. The van der Waals surface area contributed by atoms with Gasteiger partial charge in [0, 0.05) is 18.1 Å². The predicted molar refractivity (Wildman–Crippen MR) is 114 cm³/mol. The minimum Gasteiger partial charge on any atom is -0.492 e. The smallest absolute Gasteiger partial charge is 0.243 e. The van der Waals surface area contributed by atoms with E-state index in [4.69, 9.17) is 16.3 Å². The topological polar surface area (TPSA) is 75.7 Å². The maximum atomic E-state index is 13.0. The van der Waals surface area contributed by atoms with Crippen molar-refractivity contribution in [1.82, 2.24) is 4.31 Å². The largest absolute Gasteiger partial charge is 0.492 e. The summed E-state index contributed by atoms with van der Waals surface area (Å²) in [5, 5.41) is 3.39. The van der Waals surface area contributed by atoms with E-state index < -0.39 is 10.0 Å². The highest BCUT2D eigenvalue weighted by atomic mass is 35.5. The fraction of sp³-hybridized carbons (Fsp3) is 0.381. The molecule has 0 unspecified atom stereocenters. The highest BCUT2D eigenvalue weighted by molar-refractivity contribution is 7.89. The normalized spacial score (nSPS) is 15.1. The number of piperidine rings is 1. The van der Waals surface area contributed by atoms with Crippen LogP contribution in [0.2, 0.25) is 5.02 Å². The third kappa shape index (κ3) is 5.50. The van der Waals surface area contributed by atoms with E-state index in [1.807, 2.05) is 6.92 Å². The van der Waals surface area contributed by atoms with Gasteiger partial charge in [0.2, 0.25) is 15.9 Å². The molecule has 0 bridgehead atoms. The summed E-state index contributed by atoms with van der Waals surface area (Å²) in [5.41, 5.74) is 1.16. The molecule has 0 aliphatic carbocycles. The van der Waals surface area contributed by atoms with Crippen molar-refractivity contribution in [1.29, 1.82) is 0 Å². The molecular weight excluding hydrogens is 412 g/mol. The molecule has 0 spiro atoms. The van der Waals surface area contributed by atoms with Crippen LogP contribution in [0.5, 0.6) is 5.75 Å². The van der Waals surface area contributed by atoms with Crippen molar-refractivity contribution in [3.63, 3.8) is 0 Å². The zero-order valence-corrected chi connectivity index (χ0v) is 17.9. The van der Waals surface area contributed by atoms with Gasteiger partial charge in [-0.25, -0.2) is 8.42 Å². The zero-order valence-electron chi connectivity index (χ0n) is 16.4. The quantitative estimate of drug-likeness (QED) is 0.709. The summed E-state index contributed by atoms with van der Waals surface area (Å²) in [4.78, 5) is 12.7. The Kier molecular flexibility index (Phi) is 7.16. The second-order valence-electron chi connectivity index (χ2n) is 6.91. The van der Waals surface area contributed by atoms with Gasteiger partial charge in [-0.2, -0.15) is 4.31 Å². The summed E-state index contributed by atoms with van der Waals surface area (Å²) in [7, 11) is -3.60. The van der Waals surface area contributed by atoms with E-state index in [1.54, 1.807) is 30.3 Å². The van der Waals surface area contributed by atoms with Crippen molar-refractivity contribution in [2.24, 2.45) is 0 Å². The summed E-state index contributed by atoms with van der Waals surface area (Å²) < 4.78 is 33.0. The zero-order chi connectivity index (χ0) is 20.9. The van der Waals surface area contributed by atoms with E-state index in [0.717, 1.165) is 24.8 Å². The van der Waals surface area contributed by atoms with E-state index in [1.165, 1.54) is 16.4 Å². The first kappa shape index (κ1) is 21.6. The third-order valence-corrected chi connectivity index (χ3v) is 6.90. The number of rotatable bonds is 7. The Bertz CT molecular complexity index is 955. The van der Waals surface area contributed by atoms with Crippen molar-refractivity contribution in [3.05, 3.63) is 53.1 Å². The van der Waals surface area contributed by atoms with Crippen LogP contribution >= 0.6 is 11.6 Å². The summed E-state index contributed by atoms with van der Waals surface area (Å²) in [6.07, 6.45) is 2.91. The summed E-state index contributed by atoms with van der Waals surface area (Å²) in [5.74, 6) is 0.176. The van der Waals surface area contributed by atoms with Crippen molar-refractivity contribution in [3.8, 4) is 5.75 Å². The molecule has 0 radical (unpaired) electrons. The molecule has 8 heteroatoms. The molecule has 0 atom stereocenters. The molecule has 1 amide bonds. The molecule has 1 heterocycles. The van der Waals surface area contributed by atoms with Gasteiger partial charge in [0.05, 0.1) is 23.6 Å². The van der Waals surface area contributed by atoms with E-state index in [0.29, 0.717) is 36.2 Å². The van der Waals surface area contributed by atoms with Gasteiger partial charge in [0.1, 0.15) is 5.75 Å². The van der Waals surface area contributed by atoms with Crippen LogP contribution < -0.4 is 10.1 Å². The van der Waals surface area contributed by atoms with Crippen LogP contribution in [0.1, 0.15) is 31.7 Å². The number of benzene rings is 2. The standard InChI is InChI=1S/C21H25ClN2O4S/c1-2-28-20-11-10-18(29(26,27)24-12-4-3-5-13-24)15-19(20)23-21(25)14-16-6-8-17(22)9-7-16/h6-11,15H,2-5,12-14H2,1H3,(H,23,25). The molecule has 29 heavy (non-hydrogen) atoms. The number of ether oxygens (including phenoxy) is 1. The first-order valence-corrected chi connectivity index (χ1v) is 11.5. The highest BCUT2D eigenvalue weighted by Crippen LogP contribution is 2.30. The van der Waals surface area contributed by atoms with Crippen molar-refractivity contribution in [2.45, 2.75) is 37.5 Å². The Balaban J connectivity index is 1.82. The monoisotopic (exact) mass is 436 g/mol. The number of anilines is 1. The van der Waals surface area contributed by atoms with E-state index in [-0.39, 0.29) is 17.2 Å². The first-order chi connectivity index (χ1) is 13.9. The van der Waals surface area contributed by atoms with Crippen molar-refractivity contribution in [2.75, 3.05) is 25.0 Å². The highest BCUT2D eigenvalue weighted by Gasteiger charge is 2.27. The average molecular weight is 437 g/mol. The third-order valence-electron chi connectivity index (χ3n) is 4.76. The van der Waals surface area contributed by atoms with Gasteiger partial charge in [0.25, 0.3) is 0 Å². The van der Waals surface area contributed by atoms with E-state index >= 15 is 0 Å². The molecule has 2 aromatic carbocycles. The Morgan fingerprint density at radius 1 is 1.10 bits per heavy atom. The summed E-state index contributed by atoms with van der Waals surface area (Å²) in [6.45, 7) is 3.28. The molecular formula is C21H25ClN2O4S. The van der Waals surface area contributed by atoms with Crippen LogP contribution in [0.25, 0.3) is 0 Å². The lowest BCUT2D eigenvalue weighted by atomic mass is 10.1. The number of halogens is 1. The number of carbonyl (C=O) groups excluding carboxylic acids is 1. The first-order valence-electron chi connectivity index (χ1n) is 9.71. The number of sulfonamides is 1. The number of nitrogens with zero attached hydrogens (tertiary/aromatic N) is 1. The molecule has 1 saturated heterocycles. The minimum atomic E-state index is -3.60. The number of hydrogen-bond donors (Lipinski definition) is 1.